The van der Waals surface area contributed by atoms with Gasteiger partial charge in [-0.3, -0.25) is 0 Å². The van der Waals surface area contributed by atoms with Gasteiger partial charge in [0.15, 0.2) is 0 Å². The fourth-order valence-electron chi connectivity index (χ4n) is 9.48. The third-order valence-corrected chi connectivity index (χ3v) is 13.1. The average Bonchev–Trinajstić information content (AvgIpc) is 3.54. The predicted molar refractivity (Wildman–Crippen MR) is 272 cm³/mol. The van der Waals surface area contributed by atoms with Crippen LogP contribution in [0.4, 0.5) is 0 Å². The van der Waals surface area contributed by atoms with Gasteiger partial charge in [-0.2, -0.15) is 0 Å². The van der Waals surface area contributed by atoms with Crippen molar-refractivity contribution in [2.24, 2.45) is 0 Å². The summed E-state index contributed by atoms with van der Waals surface area (Å²) in [6, 6.07) is 64.5. The number of aryl methyl sites for hydroxylation is 3. The van der Waals surface area contributed by atoms with Crippen LogP contribution < -0.4 is 0 Å². The number of hydrogen-bond donors (Lipinski definition) is 1. The highest BCUT2D eigenvalue weighted by molar-refractivity contribution is 6.18. The van der Waals surface area contributed by atoms with E-state index < -0.39 is 0 Å². The molecule has 0 fully saturated rings. The number of nitrogens with one attached hydrogen (secondary N) is 1. The molecule has 0 aromatic heterocycles. The first kappa shape index (κ1) is 41.9. The normalized spacial score (nSPS) is 12.7. The van der Waals surface area contributed by atoms with Crippen LogP contribution in [0.3, 0.4) is 0 Å². The van der Waals surface area contributed by atoms with Crippen molar-refractivity contribution < 1.29 is 0 Å². The maximum atomic E-state index is 6.33. The molecule has 0 saturated carbocycles. The van der Waals surface area contributed by atoms with E-state index in [4.69, 9.17) is 5.41 Å². The summed E-state index contributed by atoms with van der Waals surface area (Å²) in [6.45, 7) is 17.8. The predicted octanol–water partition coefficient (Wildman–Crippen LogP) is 17.4. The molecule has 9 aromatic carbocycles. The summed E-state index contributed by atoms with van der Waals surface area (Å²) in [5, 5.41) is 14.2. The minimum atomic E-state index is -0.136. The second-order valence-electron chi connectivity index (χ2n) is 17.3. The SMILES string of the molecule is C/C(=C(/C)c1ccccc1C)c1ccc2c(c1)C(C)(C)c1cc(-c3cc4ccccc4c4ccccc34)c3ccccc3c1-2.CCC=N.Cc1ccccc1-c1ccccc1C. The molecule has 0 unspecified atom stereocenters. The van der Waals surface area contributed by atoms with E-state index in [0.717, 1.165) is 6.42 Å². The Morgan fingerprint density at radius 2 is 0.935 bits per heavy atom. The van der Waals surface area contributed by atoms with E-state index in [1.807, 2.05) is 6.92 Å². The van der Waals surface area contributed by atoms with Gasteiger partial charge in [0.05, 0.1) is 0 Å². The van der Waals surface area contributed by atoms with Crippen LogP contribution in [0.2, 0.25) is 0 Å². The van der Waals surface area contributed by atoms with Crippen LogP contribution in [-0.4, -0.2) is 6.21 Å². The van der Waals surface area contributed by atoms with E-state index in [1.54, 1.807) is 0 Å². The number of fused-ring (bicyclic) bond motifs is 8. The first-order valence-electron chi connectivity index (χ1n) is 22.0. The topological polar surface area (TPSA) is 23.9 Å². The molecule has 0 amide bonds. The number of hydrogen-bond acceptors (Lipinski definition) is 1. The van der Waals surface area contributed by atoms with Crippen LogP contribution >= 0.6 is 0 Å². The molecule has 0 bridgehead atoms. The Hall–Kier alpha value is -6.83. The molecule has 1 aliphatic rings. The average molecular weight is 804 g/mol. The van der Waals surface area contributed by atoms with Gasteiger partial charge in [-0.05, 0) is 181 Å². The van der Waals surface area contributed by atoms with Crippen LogP contribution in [0, 0.1) is 26.2 Å². The highest BCUT2D eigenvalue weighted by atomic mass is 14.4. The van der Waals surface area contributed by atoms with Crippen molar-refractivity contribution in [3.8, 4) is 33.4 Å². The molecule has 9 aromatic rings. The van der Waals surface area contributed by atoms with Gasteiger partial charge in [-0.25, -0.2) is 0 Å². The van der Waals surface area contributed by atoms with Crippen molar-refractivity contribution in [1.82, 2.24) is 0 Å². The minimum absolute atomic E-state index is 0.136. The molecule has 62 heavy (non-hydrogen) atoms. The summed E-state index contributed by atoms with van der Waals surface area (Å²) in [6.07, 6.45) is 2.24. The van der Waals surface area contributed by atoms with Crippen molar-refractivity contribution in [2.75, 3.05) is 0 Å². The quantitative estimate of drug-likeness (QED) is 0.102. The summed E-state index contributed by atoms with van der Waals surface area (Å²) < 4.78 is 0. The zero-order valence-electron chi connectivity index (χ0n) is 37.5. The standard InChI is InChI=1S/C44H36.C14H14.C3H7N/c1-27-14-6-8-16-32(27)29(3)28(2)30-22-23-38-41(25-30)44(4,5)42-26-40(36-20-12-13-21-37(36)43(38)42)39-24-31-15-7-9-17-33(31)34-18-10-11-19-35(34)39;1-11-7-3-5-9-13(11)14-10-6-4-8-12(14)2;1-2-3-4/h6-26H,1-5H3;3-10H,1-2H3;3-4H,2H2,1H3/b29-28+;;. The van der Waals surface area contributed by atoms with E-state index in [1.165, 1.54) is 122 Å². The number of rotatable bonds is 5. The van der Waals surface area contributed by atoms with Crippen molar-refractivity contribution in [3.63, 3.8) is 0 Å². The zero-order valence-corrected chi connectivity index (χ0v) is 37.5. The van der Waals surface area contributed by atoms with Gasteiger partial charge in [0.2, 0.25) is 0 Å². The first-order valence-corrected chi connectivity index (χ1v) is 22.0. The lowest BCUT2D eigenvalue weighted by molar-refractivity contribution is 0.661. The van der Waals surface area contributed by atoms with Crippen molar-refractivity contribution >= 4 is 49.7 Å². The third kappa shape index (κ3) is 7.69. The summed E-state index contributed by atoms with van der Waals surface area (Å²) in [7, 11) is 0. The van der Waals surface area contributed by atoms with Gasteiger partial charge >= 0.3 is 0 Å². The molecular formula is C61H57N. The Labute approximate surface area is 369 Å². The molecule has 0 spiro atoms. The largest absolute Gasteiger partial charge is 0.313 e. The maximum absolute atomic E-state index is 6.33. The highest BCUT2D eigenvalue weighted by Gasteiger charge is 2.37. The van der Waals surface area contributed by atoms with E-state index in [-0.39, 0.29) is 5.41 Å². The van der Waals surface area contributed by atoms with Gasteiger partial charge in [-0.15, -0.1) is 0 Å². The molecule has 10 rings (SSSR count). The molecule has 1 aliphatic carbocycles. The van der Waals surface area contributed by atoms with Crippen LogP contribution in [0.25, 0.3) is 76.8 Å². The molecule has 0 radical (unpaired) electrons. The molecular weight excluding hydrogens is 747 g/mol. The van der Waals surface area contributed by atoms with E-state index in [0.29, 0.717) is 0 Å². The molecule has 1 N–H and O–H groups in total. The summed E-state index contributed by atoms with van der Waals surface area (Å²) in [5.41, 5.74) is 20.0. The Bertz CT molecular complexity index is 3110. The summed E-state index contributed by atoms with van der Waals surface area (Å²) in [5.74, 6) is 0. The zero-order chi connectivity index (χ0) is 43.5. The Balaban J connectivity index is 0.000000245. The molecule has 306 valence electrons. The van der Waals surface area contributed by atoms with Gasteiger partial charge in [0.25, 0.3) is 0 Å². The smallest absolute Gasteiger partial charge is 0.0159 e. The molecule has 1 nitrogen and oxygen atoms in total. The van der Waals surface area contributed by atoms with Crippen LogP contribution in [0.5, 0.6) is 0 Å². The fourth-order valence-corrected chi connectivity index (χ4v) is 9.48. The molecule has 1 heteroatoms. The Morgan fingerprint density at radius 3 is 1.53 bits per heavy atom. The van der Waals surface area contributed by atoms with Crippen molar-refractivity contribution in [1.29, 1.82) is 5.41 Å². The monoisotopic (exact) mass is 803 g/mol. The second kappa shape index (κ2) is 17.6. The number of allylic oxidation sites excluding steroid dienone is 2. The lowest BCUT2D eigenvalue weighted by atomic mass is 9.79. The maximum Gasteiger partial charge on any atom is 0.0159 e. The van der Waals surface area contributed by atoms with Crippen molar-refractivity contribution in [3.05, 3.63) is 215 Å². The molecule has 0 saturated heterocycles. The highest BCUT2D eigenvalue weighted by Crippen LogP contribution is 2.54. The number of benzene rings is 9. The Morgan fingerprint density at radius 1 is 0.452 bits per heavy atom. The first-order chi connectivity index (χ1) is 30.0. The van der Waals surface area contributed by atoms with E-state index in [9.17, 15) is 0 Å². The van der Waals surface area contributed by atoms with Crippen LogP contribution in [-0.2, 0) is 5.41 Å². The minimum Gasteiger partial charge on any atom is -0.313 e. The lowest BCUT2D eigenvalue weighted by Crippen LogP contribution is -2.15. The van der Waals surface area contributed by atoms with Crippen LogP contribution in [0.1, 0.15) is 80.0 Å². The summed E-state index contributed by atoms with van der Waals surface area (Å²) in [4.78, 5) is 0. The van der Waals surface area contributed by atoms with E-state index in [2.05, 4.69) is 224 Å². The molecule has 0 atom stereocenters. The van der Waals surface area contributed by atoms with E-state index >= 15 is 0 Å². The van der Waals surface area contributed by atoms with Crippen LogP contribution in [0.15, 0.2) is 176 Å². The third-order valence-electron chi connectivity index (χ3n) is 13.1. The van der Waals surface area contributed by atoms with Gasteiger partial charge in [-0.1, -0.05) is 178 Å². The van der Waals surface area contributed by atoms with Gasteiger partial charge < -0.3 is 5.41 Å². The molecule has 0 heterocycles. The fraction of sp³-hybridized carbons (Fsp3) is 0.164. The Kier molecular flexibility index (Phi) is 11.9. The van der Waals surface area contributed by atoms with Gasteiger partial charge in [0, 0.05) is 5.41 Å². The summed E-state index contributed by atoms with van der Waals surface area (Å²) >= 11 is 0. The van der Waals surface area contributed by atoms with Crippen molar-refractivity contribution in [2.45, 2.75) is 67.2 Å². The second-order valence-corrected chi connectivity index (χ2v) is 17.3. The lowest BCUT2D eigenvalue weighted by Gasteiger charge is -2.24. The van der Waals surface area contributed by atoms with Gasteiger partial charge in [0.1, 0.15) is 0 Å². The molecule has 0 aliphatic heterocycles.